The van der Waals surface area contributed by atoms with Gasteiger partial charge in [0.15, 0.2) is 23.1 Å². The van der Waals surface area contributed by atoms with E-state index in [2.05, 4.69) is 30.2 Å². The molecule has 1 aliphatic rings. The summed E-state index contributed by atoms with van der Waals surface area (Å²) in [4.78, 5) is 10.3. The lowest BCUT2D eigenvalue weighted by molar-refractivity contribution is 0.122. The van der Waals surface area contributed by atoms with E-state index in [4.69, 9.17) is 18.9 Å². The third-order valence-electron chi connectivity index (χ3n) is 5.49. The molecule has 0 bridgehead atoms. The summed E-state index contributed by atoms with van der Waals surface area (Å²) < 4.78 is 61.3. The predicted molar refractivity (Wildman–Crippen MR) is 137 cm³/mol. The molecule has 1 atom stereocenters. The number of anilines is 6. The Labute approximate surface area is 215 Å². The summed E-state index contributed by atoms with van der Waals surface area (Å²) in [6.45, 7) is 2.49. The summed E-state index contributed by atoms with van der Waals surface area (Å²) in [5, 5.41) is 5.83. The summed E-state index contributed by atoms with van der Waals surface area (Å²) in [6, 6.07) is 8.42. The molecule has 3 N–H and O–H groups in total. The van der Waals surface area contributed by atoms with Crippen LogP contribution in [0.2, 0.25) is 0 Å². The lowest BCUT2D eigenvalue weighted by Gasteiger charge is -2.29. The van der Waals surface area contributed by atoms with Gasteiger partial charge in [0.1, 0.15) is 0 Å². The quantitative estimate of drug-likeness (QED) is 0.331. The van der Waals surface area contributed by atoms with Gasteiger partial charge in [-0.1, -0.05) is 0 Å². The molecule has 1 aromatic heterocycles. The Bertz CT molecular complexity index is 1250. The van der Waals surface area contributed by atoms with E-state index < -0.39 is 17.1 Å². The topological polar surface area (TPSA) is 142 Å². The van der Waals surface area contributed by atoms with Crippen molar-refractivity contribution in [2.24, 2.45) is 0 Å². The van der Waals surface area contributed by atoms with Gasteiger partial charge in [0.05, 0.1) is 52.1 Å². The number of halogens is 1. The maximum Gasteiger partial charge on any atom is 0.229 e. The molecule has 37 heavy (non-hydrogen) atoms. The molecule has 12 nitrogen and oxygen atoms in total. The van der Waals surface area contributed by atoms with Crippen molar-refractivity contribution in [3.63, 3.8) is 0 Å². The van der Waals surface area contributed by atoms with Crippen LogP contribution in [0.25, 0.3) is 0 Å². The number of ether oxygens (including phenoxy) is 4. The zero-order valence-electron chi connectivity index (χ0n) is 20.4. The van der Waals surface area contributed by atoms with E-state index >= 15 is 0 Å². The first-order valence-corrected chi connectivity index (χ1v) is 12.2. The molecule has 2 aromatic carbocycles. The van der Waals surface area contributed by atoms with Crippen molar-refractivity contribution >= 4 is 45.8 Å². The molecule has 1 aliphatic heterocycles. The van der Waals surface area contributed by atoms with Gasteiger partial charge in [0, 0.05) is 47.9 Å². The lowest BCUT2D eigenvalue weighted by Crippen LogP contribution is -2.36. The molecule has 4 rings (SSSR count). The molecule has 0 amide bonds. The molecule has 3 aromatic rings. The molecule has 198 valence electrons. The average Bonchev–Trinajstić information content (AvgIpc) is 2.91. The molecular weight excluding hydrogens is 507 g/mol. The fourth-order valence-electron chi connectivity index (χ4n) is 3.76. The van der Waals surface area contributed by atoms with Gasteiger partial charge in [0.2, 0.25) is 11.7 Å². The van der Waals surface area contributed by atoms with E-state index in [-0.39, 0.29) is 17.5 Å². The summed E-state index contributed by atoms with van der Waals surface area (Å²) >= 11 is -2.60. The highest BCUT2D eigenvalue weighted by atomic mass is 32.2. The second kappa shape index (κ2) is 11.9. The zero-order chi connectivity index (χ0) is 26.4. The number of morpholine rings is 1. The van der Waals surface area contributed by atoms with Crippen LogP contribution < -0.4 is 34.5 Å². The summed E-state index contributed by atoms with van der Waals surface area (Å²) in [5.41, 5.74) is 1.84. The van der Waals surface area contributed by atoms with E-state index in [1.54, 1.807) is 30.3 Å². The molecule has 1 saturated heterocycles. The SMILES string of the molecule is COc1cc(Nc2ncc(F)c(Nc3ccc(N4CCOCC4)cc3NS(=O)[O-])n2)cc(OC)c1OC. The number of hydrogen-bond donors (Lipinski definition) is 3. The minimum absolute atomic E-state index is 0.0741. The highest BCUT2D eigenvalue weighted by Crippen LogP contribution is 2.40. The van der Waals surface area contributed by atoms with Gasteiger partial charge in [-0.2, -0.15) is 4.98 Å². The molecule has 0 saturated carbocycles. The Kier molecular flexibility index (Phi) is 8.43. The van der Waals surface area contributed by atoms with Crippen molar-refractivity contribution in [2.45, 2.75) is 0 Å². The normalized spacial score (nSPS) is 14.0. The summed E-state index contributed by atoms with van der Waals surface area (Å²) in [6.07, 6.45) is 0.997. The number of nitrogens with one attached hydrogen (secondary N) is 3. The van der Waals surface area contributed by atoms with Crippen LogP contribution in [-0.4, -0.2) is 66.4 Å². The smallest absolute Gasteiger partial charge is 0.229 e. The largest absolute Gasteiger partial charge is 0.755 e. The predicted octanol–water partition coefficient (Wildman–Crippen LogP) is 3.17. The monoisotopic (exact) mass is 533 g/mol. The number of methoxy groups -OCH3 is 3. The maximum absolute atomic E-state index is 14.7. The maximum atomic E-state index is 14.7. The van der Waals surface area contributed by atoms with E-state index in [0.29, 0.717) is 54.9 Å². The first-order chi connectivity index (χ1) is 17.9. The minimum atomic E-state index is -2.60. The van der Waals surface area contributed by atoms with Crippen molar-refractivity contribution in [3.05, 3.63) is 42.3 Å². The van der Waals surface area contributed by atoms with Crippen molar-refractivity contribution in [1.82, 2.24) is 9.97 Å². The number of nitrogens with zero attached hydrogens (tertiary/aromatic N) is 3. The molecule has 0 aliphatic carbocycles. The Morgan fingerprint density at radius 3 is 2.35 bits per heavy atom. The van der Waals surface area contributed by atoms with Crippen LogP contribution in [0.3, 0.4) is 0 Å². The Balaban J connectivity index is 1.61. The third-order valence-corrected chi connectivity index (χ3v) is 5.88. The van der Waals surface area contributed by atoms with Crippen molar-refractivity contribution < 1.29 is 32.1 Å². The molecule has 1 fully saturated rings. The molecular formula is C23H26FN6O6S-. The number of benzene rings is 2. The Hall–Kier alpha value is -3.88. The number of aromatic nitrogens is 2. The van der Waals surface area contributed by atoms with Crippen LogP contribution >= 0.6 is 0 Å². The van der Waals surface area contributed by atoms with Crippen LogP contribution in [0.1, 0.15) is 0 Å². The average molecular weight is 534 g/mol. The number of hydrogen-bond acceptors (Lipinski definition) is 11. The fraction of sp³-hybridized carbons (Fsp3) is 0.304. The Morgan fingerprint density at radius 2 is 1.73 bits per heavy atom. The van der Waals surface area contributed by atoms with Gasteiger partial charge in [-0.05, 0) is 18.2 Å². The third kappa shape index (κ3) is 6.28. The highest BCUT2D eigenvalue weighted by molar-refractivity contribution is 7.80. The fourth-order valence-corrected chi connectivity index (χ4v) is 4.11. The van der Waals surface area contributed by atoms with Gasteiger partial charge >= 0.3 is 0 Å². The van der Waals surface area contributed by atoms with Crippen molar-refractivity contribution in [1.29, 1.82) is 0 Å². The van der Waals surface area contributed by atoms with E-state index in [9.17, 15) is 13.2 Å². The highest BCUT2D eigenvalue weighted by Gasteiger charge is 2.17. The molecule has 1 unspecified atom stereocenters. The first-order valence-electron chi connectivity index (χ1n) is 11.1. The van der Waals surface area contributed by atoms with Crippen LogP contribution in [0, 0.1) is 5.82 Å². The second-order valence-electron chi connectivity index (χ2n) is 7.72. The molecule has 2 heterocycles. The van der Waals surface area contributed by atoms with Gasteiger partial charge in [-0.3, -0.25) is 4.21 Å². The van der Waals surface area contributed by atoms with Crippen molar-refractivity contribution in [2.75, 3.05) is 67.9 Å². The Morgan fingerprint density at radius 1 is 1.03 bits per heavy atom. The van der Waals surface area contributed by atoms with E-state index in [0.717, 1.165) is 11.9 Å². The van der Waals surface area contributed by atoms with Gasteiger partial charge in [0.25, 0.3) is 0 Å². The van der Waals surface area contributed by atoms with Crippen LogP contribution in [-0.2, 0) is 16.0 Å². The standard InChI is InChI=1S/C23H27FN6O6S/c1-33-19-10-14(11-20(34-2)21(19)35-3)26-23-25-13-16(24)22(28-23)27-17-5-4-15(12-18(17)29-37(31)32)30-6-8-36-9-7-30/h4-5,10-13,29H,6-9H2,1-3H3,(H,31,32)(H2,25,26,27,28)/p-1. The van der Waals surface area contributed by atoms with Gasteiger partial charge in [-0.25, -0.2) is 9.37 Å². The number of rotatable bonds is 10. The van der Waals surface area contributed by atoms with Crippen LogP contribution in [0.5, 0.6) is 17.2 Å². The van der Waals surface area contributed by atoms with Crippen LogP contribution in [0.15, 0.2) is 36.5 Å². The second-order valence-corrected chi connectivity index (χ2v) is 8.39. The molecule has 0 radical (unpaired) electrons. The van der Waals surface area contributed by atoms with Gasteiger partial charge in [-0.15, -0.1) is 0 Å². The zero-order valence-corrected chi connectivity index (χ0v) is 21.2. The van der Waals surface area contributed by atoms with Crippen molar-refractivity contribution in [3.8, 4) is 17.2 Å². The van der Waals surface area contributed by atoms with Crippen LogP contribution in [0.4, 0.5) is 38.9 Å². The van der Waals surface area contributed by atoms with E-state index in [1.807, 2.05) is 0 Å². The van der Waals surface area contributed by atoms with E-state index in [1.165, 1.54) is 21.3 Å². The minimum Gasteiger partial charge on any atom is -0.755 e. The first kappa shape index (κ1) is 26.2. The molecule has 0 spiro atoms. The summed E-state index contributed by atoms with van der Waals surface area (Å²) in [7, 11) is 4.47. The lowest BCUT2D eigenvalue weighted by atomic mass is 10.2. The van der Waals surface area contributed by atoms with Gasteiger partial charge < -0.3 is 43.8 Å². The summed E-state index contributed by atoms with van der Waals surface area (Å²) in [5.74, 6) is 0.406. The molecule has 14 heteroatoms.